The van der Waals surface area contributed by atoms with E-state index in [4.69, 9.17) is 10.5 Å². The van der Waals surface area contributed by atoms with Crippen LogP contribution in [-0.4, -0.2) is 18.5 Å². The molecule has 1 aromatic rings. The fourth-order valence-corrected chi connectivity index (χ4v) is 1.92. The van der Waals surface area contributed by atoms with E-state index in [2.05, 4.69) is 4.98 Å². The third kappa shape index (κ3) is 5.09. The number of halogens is 1. The highest BCUT2D eigenvalue weighted by molar-refractivity contribution is 7.09. The van der Waals surface area contributed by atoms with Crippen molar-refractivity contribution in [2.75, 3.05) is 6.61 Å². The van der Waals surface area contributed by atoms with Gasteiger partial charge >= 0.3 is 5.97 Å². The van der Waals surface area contributed by atoms with Gasteiger partial charge in [-0.05, 0) is 6.92 Å². The molecule has 0 radical (unpaired) electrons. The van der Waals surface area contributed by atoms with Crippen LogP contribution < -0.4 is 23.1 Å². The predicted molar refractivity (Wildman–Crippen MR) is 54.1 cm³/mol. The van der Waals surface area contributed by atoms with Crippen LogP contribution in [0.25, 0.3) is 0 Å². The number of carbonyl (C=O) groups excluding carboxylic acids is 2. The van der Waals surface area contributed by atoms with E-state index < -0.39 is 5.91 Å². The van der Waals surface area contributed by atoms with Crippen molar-refractivity contribution < 1.29 is 31.7 Å². The summed E-state index contributed by atoms with van der Waals surface area (Å²) in [6.45, 7) is 2.13. The number of esters is 1. The summed E-state index contributed by atoms with van der Waals surface area (Å²) in [6.07, 6.45) is 0.372. The number of amides is 1. The van der Waals surface area contributed by atoms with Crippen molar-refractivity contribution in [1.29, 1.82) is 0 Å². The van der Waals surface area contributed by atoms with Crippen LogP contribution in [0.1, 0.15) is 17.6 Å². The lowest BCUT2D eigenvalue weighted by Crippen LogP contribution is -3.00. The quantitative estimate of drug-likeness (QED) is 0.566. The lowest BCUT2D eigenvalue weighted by Gasteiger charge is -1.95. The normalized spacial score (nSPS) is 9.31. The number of carbonyl (C=O) groups is 2. The number of hydrogen-bond donors (Lipinski definition) is 1. The summed E-state index contributed by atoms with van der Waals surface area (Å²) in [5.74, 6) is -0.673. The van der Waals surface area contributed by atoms with Crippen molar-refractivity contribution in [1.82, 2.24) is 0 Å². The molecular weight excluding hydrogens is 252 g/mol. The first-order valence-corrected chi connectivity index (χ1v) is 5.42. The zero-order chi connectivity index (χ0) is 11.3. The van der Waals surface area contributed by atoms with Gasteiger partial charge in [-0.2, -0.15) is 0 Å². The number of aromatic nitrogens is 1. The van der Waals surface area contributed by atoms with E-state index >= 15 is 0 Å². The van der Waals surface area contributed by atoms with Crippen LogP contribution in [0.15, 0.2) is 5.38 Å². The van der Waals surface area contributed by atoms with Gasteiger partial charge in [0.25, 0.3) is 0 Å². The molecule has 90 valence electrons. The van der Waals surface area contributed by atoms with Crippen molar-refractivity contribution in [2.45, 2.75) is 19.8 Å². The maximum absolute atomic E-state index is 11.1. The second-order valence-electron chi connectivity index (χ2n) is 2.93. The Bertz CT molecular complexity index is 367. The minimum Gasteiger partial charge on any atom is -1.00 e. The minimum atomic E-state index is -0.393. The van der Waals surface area contributed by atoms with E-state index in [1.807, 2.05) is 0 Å². The van der Waals surface area contributed by atoms with Crippen LogP contribution in [0.4, 0.5) is 0 Å². The number of hydrogen-bond acceptors (Lipinski definition) is 4. The summed E-state index contributed by atoms with van der Waals surface area (Å²) in [7, 11) is 0. The molecule has 3 N–H and O–H groups in total. The Morgan fingerprint density at radius 2 is 2.19 bits per heavy atom. The fourth-order valence-electron chi connectivity index (χ4n) is 1.08. The third-order valence-electron chi connectivity index (χ3n) is 1.62. The Morgan fingerprint density at radius 1 is 1.50 bits per heavy atom. The zero-order valence-electron chi connectivity index (χ0n) is 8.79. The Labute approximate surface area is 103 Å². The maximum Gasteiger partial charge on any atom is 0.316 e. The van der Waals surface area contributed by atoms with Crippen LogP contribution in [0, 0.1) is 0 Å². The first-order chi connectivity index (χ1) is 7.11. The molecule has 0 unspecified atom stereocenters. The van der Waals surface area contributed by atoms with Crippen LogP contribution in [0.3, 0.4) is 0 Å². The minimum absolute atomic E-state index is 0. The monoisotopic (exact) mass is 264 g/mol. The van der Waals surface area contributed by atoms with Gasteiger partial charge < -0.3 is 22.9 Å². The number of ether oxygens (including phenoxy) is 1. The van der Waals surface area contributed by atoms with Gasteiger partial charge in [0.2, 0.25) is 16.6 Å². The molecule has 0 fully saturated rings. The highest BCUT2D eigenvalue weighted by atomic mass is 35.5. The Balaban J connectivity index is 0.00000225. The van der Waals surface area contributed by atoms with E-state index in [1.165, 1.54) is 11.3 Å². The van der Waals surface area contributed by atoms with Crippen molar-refractivity contribution in [2.24, 2.45) is 5.73 Å². The molecule has 0 aliphatic heterocycles. The van der Waals surface area contributed by atoms with Gasteiger partial charge in [0, 0.05) is 0 Å². The zero-order valence-corrected chi connectivity index (χ0v) is 10.4. The van der Waals surface area contributed by atoms with Gasteiger partial charge in [0.1, 0.15) is 12.8 Å². The molecule has 0 saturated heterocycles. The van der Waals surface area contributed by atoms with Gasteiger partial charge in [-0.15, -0.1) is 0 Å². The highest BCUT2D eigenvalue weighted by Crippen LogP contribution is 2.06. The summed E-state index contributed by atoms with van der Waals surface area (Å²) in [5.41, 5.74) is 5.78. The molecule has 0 bridgehead atoms. The van der Waals surface area contributed by atoms with Gasteiger partial charge in [0.05, 0.1) is 12.0 Å². The molecule has 1 heterocycles. The van der Waals surface area contributed by atoms with Crippen LogP contribution in [0.5, 0.6) is 0 Å². The van der Waals surface area contributed by atoms with E-state index in [9.17, 15) is 9.59 Å². The summed E-state index contributed by atoms with van der Waals surface area (Å²) in [4.78, 5) is 24.7. The predicted octanol–water partition coefficient (Wildman–Crippen LogP) is -3.30. The van der Waals surface area contributed by atoms with Crippen LogP contribution >= 0.6 is 11.3 Å². The summed E-state index contributed by atoms with van der Waals surface area (Å²) < 4.78 is 4.79. The molecule has 0 aliphatic rings. The molecule has 0 spiro atoms. The lowest BCUT2D eigenvalue weighted by molar-refractivity contribution is -0.392. The maximum atomic E-state index is 11.1. The van der Waals surface area contributed by atoms with Crippen molar-refractivity contribution in [3.63, 3.8) is 0 Å². The second kappa shape index (κ2) is 7.19. The van der Waals surface area contributed by atoms with Crippen molar-refractivity contribution >= 4 is 23.2 Å². The number of nitrogens with two attached hydrogens (primary N) is 1. The topological polar surface area (TPSA) is 83.5 Å². The number of nitrogens with one attached hydrogen (secondary N) is 1. The van der Waals surface area contributed by atoms with E-state index in [-0.39, 0.29) is 31.2 Å². The summed E-state index contributed by atoms with van der Waals surface area (Å²) >= 11 is 1.37. The van der Waals surface area contributed by atoms with Gasteiger partial charge in [-0.3, -0.25) is 9.59 Å². The Morgan fingerprint density at radius 3 is 2.75 bits per heavy atom. The average Bonchev–Trinajstić information content (AvgIpc) is 2.51. The van der Waals surface area contributed by atoms with Crippen LogP contribution in [-0.2, 0) is 27.2 Å². The molecule has 0 atom stereocenters. The van der Waals surface area contributed by atoms with E-state index in [1.54, 1.807) is 12.3 Å². The molecule has 1 rings (SSSR count). The van der Waals surface area contributed by atoms with Crippen molar-refractivity contribution in [3.8, 4) is 0 Å². The fraction of sp³-hybridized carbons (Fsp3) is 0.444. The number of H-pyrrole nitrogens is 1. The first kappa shape index (κ1) is 14.9. The van der Waals surface area contributed by atoms with Gasteiger partial charge in [0.15, 0.2) is 0 Å². The number of aromatic amines is 1. The molecule has 0 saturated carbocycles. The molecule has 5 nitrogen and oxygen atoms in total. The third-order valence-corrected chi connectivity index (χ3v) is 2.55. The second-order valence-corrected chi connectivity index (χ2v) is 3.90. The van der Waals surface area contributed by atoms with Gasteiger partial charge in [-0.25, -0.2) is 4.98 Å². The SMILES string of the molecule is CCOC(=O)Cc1csc(CC(N)=O)[nH+]1.[Cl-]. The molecule has 1 aromatic heterocycles. The molecule has 7 heteroatoms. The molecule has 0 aliphatic carbocycles. The van der Waals surface area contributed by atoms with E-state index in [0.717, 1.165) is 10.7 Å². The smallest absolute Gasteiger partial charge is 0.316 e. The largest absolute Gasteiger partial charge is 1.00 e. The van der Waals surface area contributed by atoms with Crippen LogP contribution in [0.2, 0.25) is 0 Å². The number of primary amides is 1. The standard InChI is InChI=1S/C9H12N2O3S.ClH/c1-2-14-9(13)3-6-5-15-8(11-6)4-7(10)12;/h5H,2-4H2,1H3,(H2,10,12);1H. The number of thiazole rings is 1. The first-order valence-electron chi connectivity index (χ1n) is 4.54. The van der Waals surface area contributed by atoms with Crippen molar-refractivity contribution in [3.05, 3.63) is 16.1 Å². The van der Waals surface area contributed by atoms with E-state index in [0.29, 0.717) is 6.61 Å². The molecule has 0 aromatic carbocycles. The molecule has 1 amide bonds. The Hall–Kier alpha value is -1.14. The highest BCUT2D eigenvalue weighted by Gasteiger charge is 2.15. The summed E-state index contributed by atoms with van der Waals surface area (Å²) in [5, 5.41) is 2.54. The molecular formula is C9H13ClN2O3S. The van der Waals surface area contributed by atoms with Gasteiger partial charge in [-0.1, -0.05) is 11.3 Å². The number of rotatable bonds is 5. The Kier molecular flexibility index (Phi) is 6.67. The lowest BCUT2D eigenvalue weighted by atomic mass is 10.3. The summed E-state index contributed by atoms with van der Waals surface area (Å²) in [6, 6.07) is 0. The molecule has 16 heavy (non-hydrogen) atoms. The average molecular weight is 265 g/mol.